The Labute approximate surface area is 117 Å². The van der Waals surface area contributed by atoms with Crippen LogP contribution in [0.4, 0.5) is 0 Å². The van der Waals surface area contributed by atoms with E-state index in [0.29, 0.717) is 6.54 Å². The van der Waals surface area contributed by atoms with Gasteiger partial charge in [-0.25, -0.2) is 4.98 Å². The zero-order valence-corrected chi connectivity index (χ0v) is 13.2. The molecule has 0 saturated carbocycles. The molecule has 0 aromatic carbocycles. The number of hydrogen-bond donors (Lipinski definition) is 2. The number of thioether (sulfide) groups is 1. The van der Waals surface area contributed by atoms with Gasteiger partial charge in [-0.2, -0.15) is 11.8 Å². The number of amides is 1. The van der Waals surface area contributed by atoms with Gasteiger partial charge in [0.25, 0.3) is 0 Å². The number of nitrogens with one attached hydrogen (secondary N) is 1. The standard InChI is InChI=1S/C12H21N3OS2/c1-7-9(18-8(2)15-7)6-14-11(16)10(13)12(3,4)17-5/h10H,6,13H2,1-5H3,(H,14,16)/t10-/m1/s1. The molecule has 0 radical (unpaired) electrons. The maximum atomic E-state index is 12.0. The molecule has 0 aliphatic rings. The van der Waals surface area contributed by atoms with E-state index in [4.69, 9.17) is 5.73 Å². The van der Waals surface area contributed by atoms with Crippen molar-refractivity contribution in [1.82, 2.24) is 10.3 Å². The number of nitrogens with two attached hydrogens (primary N) is 1. The van der Waals surface area contributed by atoms with Gasteiger partial charge in [-0.15, -0.1) is 11.3 Å². The Balaban J connectivity index is 2.59. The first kappa shape index (κ1) is 15.5. The van der Waals surface area contributed by atoms with E-state index in [9.17, 15) is 4.79 Å². The van der Waals surface area contributed by atoms with Crippen LogP contribution in [-0.4, -0.2) is 27.9 Å². The number of carbonyl (C=O) groups excluding carboxylic acids is 1. The predicted octanol–water partition coefficient (Wildman–Crippen LogP) is 1.85. The van der Waals surface area contributed by atoms with E-state index >= 15 is 0 Å². The van der Waals surface area contributed by atoms with Crippen LogP contribution < -0.4 is 11.1 Å². The maximum absolute atomic E-state index is 12.0. The summed E-state index contributed by atoms with van der Waals surface area (Å²) in [5.41, 5.74) is 6.95. The predicted molar refractivity (Wildman–Crippen MR) is 79.0 cm³/mol. The highest BCUT2D eigenvalue weighted by molar-refractivity contribution is 8.00. The highest BCUT2D eigenvalue weighted by Gasteiger charge is 2.31. The molecule has 1 aromatic heterocycles. The number of carbonyl (C=O) groups is 1. The first-order chi connectivity index (χ1) is 8.27. The number of aromatic nitrogens is 1. The van der Waals surface area contributed by atoms with Gasteiger partial charge in [0.2, 0.25) is 5.91 Å². The molecule has 0 bridgehead atoms. The number of thiazole rings is 1. The molecule has 3 N–H and O–H groups in total. The lowest BCUT2D eigenvalue weighted by atomic mass is 10.0. The van der Waals surface area contributed by atoms with Crippen LogP contribution in [0.25, 0.3) is 0 Å². The van der Waals surface area contributed by atoms with Crippen molar-refractivity contribution in [1.29, 1.82) is 0 Å². The van der Waals surface area contributed by atoms with Crippen molar-refractivity contribution in [2.75, 3.05) is 6.26 Å². The molecule has 18 heavy (non-hydrogen) atoms. The first-order valence-corrected chi connectivity index (χ1v) is 7.83. The molecule has 0 aliphatic carbocycles. The average Bonchev–Trinajstić information content (AvgIpc) is 2.63. The molecule has 0 spiro atoms. The van der Waals surface area contributed by atoms with Gasteiger partial charge in [-0.3, -0.25) is 4.79 Å². The summed E-state index contributed by atoms with van der Waals surface area (Å²) in [6, 6.07) is -0.512. The zero-order valence-electron chi connectivity index (χ0n) is 11.5. The minimum atomic E-state index is -0.512. The van der Waals surface area contributed by atoms with E-state index < -0.39 is 6.04 Å². The van der Waals surface area contributed by atoms with E-state index in [2.05, 4.69) is 10.3 Å². The summed E-state index contributed by atoms with van der Waals surface area (Å²) in [7, 11) is 0. The van der Waals surface area contributed by atoms with Crippen molar-refractivity contribution in [3.05, 3.63) is 15.6 Å². The molecule has 4 nitrogen and oxygen atoms in total. The molecule has 0 saturated heterocycles. The van der Waals surface area contributed by atoms with Crippen LogP contribution >= 0.6 is 23.1 Å². The van der Waals surface area contributed by atoms with Crippen molar-refractivity contribution >= 4 is 29.0 Å². The van der Waals surface area contributed by atoms with Gasteiger partial charge in [-0.1, -0.05) is 0 Å². The molecule has 0 unspecified atom stereocenters. The van der Waals surface area contributed by atoms with Crippen LogP contribution in [-0.2, 0) is 11.3 Å². The Morgan fingerprint density at radius 3 is 2.61 bits per heavy atom. The molecular formula is C12H21N3OS2. The topological polar surface area (TPSA) is 68.0 Å². The SMILES string of the molecule is CSC(C)(C)[C@H](N)C(=O)NCc1sc(C)nc1C. The lowest BCUT2D eigenvalue weighted by molar-refractivity contribution is -0.123. The highest BCUT2D eigenvalue weighted by atomic mass is 32.2. The fourth-order valence-electron chi connectivity index (χ4n) is 1.46. The Morgan fingerprint density at radius 1 is 1.56 bits per heavy atom. The Hall–Kier alpha value is -0.590. The first-order valence-electron chi connectivity index (χ1n) is 5.79. The largest absolute Gasteiger partial charge is 0.350 e. The molecule has 0 aliphatic heterocycles. The summed E-state index contributed by atoms with van der Waals surface area (Å²) in [6.45, 7) is 8.38. The second-order valence-corrected chi connectivity index (χ2v) is 7.49. The van der Waals surface area contributed by atoms with Crippen LogP contribution in [0, 0.1) is 13.8 Å². The fourth-order valence-corrected chi connectivity index (χ4v) is 2.70. The van der Waals surface area contributed by atoms with E-state index in [1.165, 1.54) is 0 Å². The van der Waals surface area contributed by atoms with Gasteiger partial charge in [0.05, 0.1) is 23.3 Å². The Bertz CT molecular complexity index is 429. The van der Waals surface area contributed by atoms with Gasteiger partial charge >= 0.3 is 0 Å². The number of rotatable bonds is 5. The Kier molecular flexibility index (Phi) is 5.19. The fraction of sp³-hybridized carbons (Fsp3) is 0.667. The summed E-state index contributed by atoms with van der Waals surface area (Å²) in [6.07, 6.45) is 1.96. The van der Waals surface area contributed by atoms with Crippen LogP contribution in [0.2, 0.25) is 0 Å². The second-order valence-electron chi connectivity index (χ2n) is 4.74. The number of hydrogen-bond acceptors (Lipinski definition) is 5. The molecule has 1 atom stereocenters. The third-order valence-corrected chi connectivity index (χ3v) is 5.36. The molecule has 1 heterocycles. The van der Waals surface area contributed by atoms with Gasteiger partial charge in [-0.05, 0) is 34.0 Å². The summed E-state index contributed by atoms with van der Waals surface area (Å²) < 4.78 is -0.261. The molecule has 1 aromatic rings. The molecular weight excluding hydrogens is 266 g/mol. The van der Waals surface area contributed by atoms with Crippen molar-refractivity contribution in [3.8, 4) is 0 Å². The smallest absolute Gasteiger partial charge is 0.238 e. The summed E-state index contributed by atoms with van der Waals surface area (Å²) in [5.74, 6) is -0.111. The summed E-state index contributed by atoms with van der Waals surface area (Å²) >= 11 is 3.21. The second kappa shape index (κ2) is 6.04. The monoisotopic (exact) mass is 287 g/mol. The number of aryl methyl sites for hydroxylation is 2. The molecule has 1 amide bonds. The molecule has 1 rings (SSSR count). The summed E-state index contributed by atoms with van der Waals surface area (Å²) in [5, 5.41) is 3.91. The van der Waals surface area contributed by atoms with Crippen molar-refractivity contribution in [2.45, 2.75) is 45.0 Å². The third kappa shape index (κ3) is 3.70. The minimum Gasteiger partial charge on any atom is -0.350 e. The normalized spacial score (nSPS) is 13.4. The Morgan fingerprint density at radius 2 is 2.17 bits per heavy atom. The van der Waals surface area contributed by atoms with Crippen molar-refractivity contribution in [2.24, 2.45) is 5.73 Å². The van der Waals surface area contributed by atoms with Crippen LogP contribution in [0.1, 0.15) is 29.4 Å². The molecule has 6 heteroatoms. The van der Waals surface area contributed by atoms with Crippen LogP contribution in [0.15, 0.2) is 0 Å². The average molecular weight is 287 g/mol. The maximum Gasteiger partial charge on any atom is 0.238 e. The number of nitrogens with zero attached hydrogens (tertiary/aromatic N) is 1. The zero-order chi connectivity index (χ0) is 13.9. The van der Waals surface area contributed by atoms with Crippen molar-refractivity contribution in [3.63, 3.8) is 0 Å². The van der Waals surface area contributed by atoms with Crippen LogP contribution in [0.5, 0.6) is 0 Å². The van der Waals surface area contributed by atoms with Gasteiger partial charge in [0.1, 0.15) is 0 Å². The van der Waals surface area contributed by atoms with E-state index in [1.54, 1.807) is 23.1 Å². The van der Waals surface area contributed by atoms with Gasteiger partial charge in [0, 0.05) is 9.62 Å². The van der Waals surface area contributed by atoms with E-state index in [0.717, 1.165) is 15.6 Å². The quantitative estimate of drug-likeness (QED) is 0.867. The lowest BCUT2D eigenvalue weighted by Crippen LogP contribution is -2.51. The lowest BCUT2D eigenvalue weighted by Gasteiger charge is -2.28. The summed E-state index contributed by atoms with van der Waals surface area (Å²) in [4.78, 5) is 17.4. The van der Waals surface area contributed by atoms with E-state index in [1.807, 2.05) is 34.0 Å². The van der Waals surface area contributed by atoms with E-state index in [-0.39, 0.29) is 10.7 Å². The van der Waals surface area contributed by atoms with Crippen LogP contribution in [0.3, 0.4) is 0 Å². The molecule has 0 fully saturated rings. The van der Waals surface area contributed by atoms with Gasteiger partial charge in [0.15, 0.2) is 0 Å². The van der Waals surface area contributed by atoms with Crippen molar-refractivity contribution < 1.29 is 4.79 Å². The minimum absolute atomic E-state index is 0.111. The highest BCUT2D eigenvalue weighted by Crippen LogP contribution is 2.24. The van der Waals surface area contributed by atoms with Gasteiger partial charge < -0.3 is 11.1 Å². The third-order valence-electron chi connectivity index (χ3n) is 2.98. The molecule has 102 valence electrons.